The van der Waals surface area contributed by atoms with E-state index >= 15 is 0 Å². The molecule has 1 amide bonds. The van der Waals surface area contributed by atoms with E-state index in [-0.39, 0.29) is 5.91 Å². The topological polar surface area (TPSA) is 52.6 Å². The number of aromatic nitrogens is 2. The van der Waals surface area contributed by atoms with Crippen LogP contribution < -0.4 is 9.80 Å². The standard InChI is InChI=1S/C14H23N5O/c1-5-13(20)18-6-8-19(9-7-18)14-15-11(2)10-12(16-14)17(3)4/h10H,5-9H2,1-4H3. The van der Waals surface area contributed by atoms with Crippen molar-refractivity contribution in [3.05, 3.63) is 11.8 Å². The van der Waals surface area contributed by atoms with Gasteiger partial charge in [0.2, 0.25) is 11.9 Å². The lowest BCUT2D eigenvalue weighted by atomic mass is 10.3. The number of carbonyl (C=O) groups excluding carboxylic acids is 1. The van der Waals surface area contributed by atoms with E-state index in [2.05, 4.69) is 14.9 Å². The molecule has 20 heavy (non-hydrogen) atoms. The number of rotatable bonds is 3. The molecule has 2 rings (SSSR count). The highest BCUT2D eigenvalue weighted by molar-refractivity contribution is 5.76. The summed E-state index contributed by atoms with van der Waals surface area (Å²) in [4.78, 5) is 26.8. The highest BCUT2D eigenvalue weighted by Crippen LogP contribution is 2.17. The SMILES string of the molecule is CCC(=O)N1CCN(c2nc(C)cc(N(C)C)n2)CC1. The fourth-order valence-corrected chi connectivity index (χ4v) is 2.29. The van der Waals surface area contributed by atoms with Crippen molar-refractivity contribution in [1.29, 1.82) is 0 Å². The van der Waals surface area contributed by atoms with E-state index in [4.69, 9.17) is 0 Å². The van der Waals surface area contributed by atoms with Crippen molar-refractivity contribution in [3.63, 3.8) is 0 Å². The summed E-state index contributed by atoms with van der Waals surface area (Å²) in [6.45, 7) is 6.98. The molecule has 1 fully saturated rings. The minimum absolute atomic E-state index is 0.226. The molecule has 6 nitrogen and oxygen atoms in total. The molecule has 1 aliphatic heterocycles. The predicted octanol–water partition coefficient (Wildman–Crippen LogP) is 0.910. The summed E-state index contributed by atoms with van der Waals surface area (Å²) in [5.41, 5.74) is 0.964. The van der Waals surface area contributed by atoms with Crippen molar-refractivity contribution in [2.24, 2.45) is 0 Å². The highest BCUT2D eigenvalue weighted by atomic mass is 16.2. The van der Waals surface area contributed by atoms with E-state index in [1.165, 1.54) is 0 Å². The van der Waals surface area contributed by atoms with E-state index in [1.54, 1.807) is 0 Å². The van der Waals surface area contributed by atoms with Gasteiger partial charge in [-0.15, -0.1) is 0 Å². The second kappa shape index (κ2) is 6.07. The average molecular weight is 277 g/mol. The van der Waals surface area contributed by atoms with Crippen LogP contribution in [0.25, 0.3) is 0 Å². The third kappa shape index (κ3) is 3.18. The quantitative estimate of drug-likeness (QED) is 0.822. The van der Waals surface area contributed by atoms with Gasteiger partial charge in [0.1, 0.15) is 5.82 Å². The average Bonchev–Trinajstić information content (AvgIpc) is 2.46. The molecule has 0 aromatic carbocycles. The van der Waals surface area contributed by atoms with Gasteiger partial charge in [0.25, 0.3) is 0 Å². The lowest BCUT2D eigenvalue weighted by Crippen LogP contribution is -2.49. The van der Waals surface area contributed by atoms with Crippen LogP contribution in [-0.4, -0.2) is 61.0 Å². The normalized spacial score (nSPS) is 15.4. The molecule has 1 aromatic rings. The first-order valence-electron chi connectivity index (χ1n) is 7.07. The van der Waals surface area contributed by atoms with E-state index < -0.39 is 0 Å². The fourth-order valence-electron chi connectivity index (χ4n) is 2.29. The van der Waals surface area contributed by atoms with Gasteiger partial charge in [-0.2, -0.15) is 4.98 Å². The lowest BCUT2D eigenvalue weighted by Gasteiger charge is -2.35. The number of hydrogen-bond acceptors (Lipinski definition) is 5. The molecule has 6 heteroatoms. The molecule has 1 aromatic heterocycles. The Morgan fingerprint density at radius 3 is 2.45 bits per heavy atom. The van der Waals surface area contributed by atoms with Crippen LogP contribution in [0.3, 0.4) is 0 Å². The molecule has 2 heterocycles. The third-order valence-corrected chi connectivity index (χ3v) is 3.50. The number of aryl methyl sites for hydroxylation is 1. The smallest absolute Gasteiger partial charge is 0.227 e. The molecular weight excluding hydrogens is 254 g/mol. The molecule has 0 spiro atoms. The molecule has 0 atom stereocenters. The molecule has 0 saturated carbocycles. The zero-order chi connectivity index (χ0) is 14.7. The molecule has 0 radical (unpaired) electrons. The summed E-state index contributed by atoms with van der Waals surface area (Å²) in [6.07, 6.45) is 0.575. The van der Waals surface area contributed by atoms with Crippen LogP contribution in [0, 0.1) is 6.92 Å². The first-order valence-corrected chi connectivity index (χ1v) is 7.07. The van der Waals surface area contributed by atoms with Crippen LogP contribution in [0.5, 0.6) is 0 Å². The zero-order valence-corrected chi connectivity index (χ0v) is 12.8. The number of piperazine rings is 1. The predicted molar refractivity (Wildman–Crippen MR) is 80.2 cm³/mol. The maximum atomic E-state index is 11.7. The van der Waals surface area contributed by atoms with Crippen molar-refractivity contribution < 1.29 is 4.79 Å². The molecule has 0 aliphatic carbocycles. The zero-order valence-electron chi connectivity index (χ0n) is 12.8. The largest absolute Gasteiger partial charge is 0.363 e. The molecule has 1 saturated heterocycles. The summed E-state index contributed by atoms with van der Waals surface area (Å²) < 4.78 is 0. The number of carbonyl (C=O) groups is 1. The Hall–Kier alpha value is -1.85. The Balaban J connectivity index is 2.09. The first kappa shape index (κ1) is 14.6. The maximum absolute atomic E-state index is 11.7. The fraction of sp³-hybridized carbons (Fsp3) is 0.643. The number of anilines is 2. The van der Waals surface area contributed by atoms with Crippen LogP contribution >= 0.6 is 0 Å². The summed E-state index contributed by atoms with van der Waals surface area (Å²) in [5.74, 6) is 1.90. The molecule has 1 aliphatic rings. The summed E-state index contributed by atoms with van der Waals surface area (Å²) in [6, 6.07) is 1.97. The van der Waals surface area contributed by atoms with E-state index in [0.717, 1.165) is 43.6 Å². The Labute approximate surface area is 120 Å². The van der Waals surface area contributed by atoms with Gasteiger partial charge in [-0.25, -0.2) is 4.98 Å². The Morgan fingerprint density at radius 2 is 1.90 bits per heavy atom. The van der Waals surface area contributed by atoms with E-state index in [0.29, 0.717) is 6.42 Å². The molecule has 0 unspecified atom stereocenters. The second-order valence-corrected chi connectivity index (χ2v) is 5.28. The van der Waals surface area contributed by atoms with Crippen molar-refractivity contribution in [2.45, 2.75) is 20.3 Å². The summed E-state index contributed by atoms with van der Waals surface area (Å²) in [7, 11) is 3.95. The van der Waals surface area contributed by atoms with E-state index in [9.17, 15) is 4.79 Å². The summed E-state index contributed by atoms with van der Waals surface area (Å²) >= 11 is 0. The number of nitrogens with zero attached hydrogens (tertiary/aromatic N) is 5. The van der Waals surface area contributed by atoms with Gasteiger partial charge in [0.15, 0.2) is 0 Å². The van der Waals surface area contributed by atoms with Crippen LogP contribution in [0.4, 0.5) is 11.8 Å². The van der Waals surface area contributed by atoms with Crippen molar-refractivity contribution in [2.75, 3.05) is 50.1 Å². The van der Waals surface area contributed by atoms with Crippen LogP contribution in [-0.2, 0) is 4.79 Å². The Kier molecular flexibility index (Phi) is 4.42. The van der Waals surface area contributed by atoms with Crippen molar-refractivity contribution in [1.82, 2.24) is 14.9 Å². The molecule has 0 N–H and O–H groups in total. The minimum atomic E-state index is 0.226. The van der Waals surface area contributed by atoms with E-state index in [1.807, 2.05) is 43.8 Å². The van der Waals surface area contributed by atoms with Gasteiger partial charge >= 0.3 is 0 Å². The highest BCUT2D eigenvalue weighted by Gasteiger charge is 2.22. The Morgan fingerprint density at radius 1 is 1.25 bits per heavy atom. The van der Waals surface area contributed by atoms with Gasteiger partial charge in [-0.3, -0.25) is 4.79 Å². The Bertz CT molecular complexity index is 480. The summed E-state index contributed by atoms with van der Waals surface area (Å²) in [5, 5.41) is 0. The second-order valence-electron chi connectivity index (χ2n) is 5.28. The number of amides is 1. The van der Waals surface area contributed by atoms with Crippen molar-refractivity contribution >= 4 is 17.7 Å². The van der Waals surface area contributed by atoms with Crippen LogP contribution in [0.15, 0.2) is 6.07 Å². The van der Waals surface area contributed by atoms with Crippen LogP contribution in [0.2, 0.25) is 0 Å². The van der Waals surface area contributed by atoms with Gasteiger partial charge in [-0.05, 0) is 6.92 Å². The third-order valence-electron chi connectivity index (χ3n) is 3.50. The van der Waals surface area contributed by atoms with Gasteiger partial charge in [-0.1, -0.05) is 6.92 Å². The van der Waals surface area contributed by atoms with Gasteiger partial charge < -0.3 is 14.7 Å². The molecular formula is C14H23N5O. The monoisotopic (exact) mass is 277 g/mol. The maximum Gasteiger partial charge on any atom is 0.227 e. The van der Waals surface area contributed by atoms with Crippen molar-refractivity contribution in [3.8, 4) is 0 Å². The molecule has 110 valence electrons. The molecule has 0 bridgehead atoms. The van der Waals surface area contributed by atoms with Gasteiger partial charge in [0, 0.05) is 58.5 Å². The lowest BCUT2D eigenvalue weighted by molar-refractivity contribution is -0.131. The number of hydrogen-bond donors (Lipinski definition) is 0. The van der Waals surface area contributed by atoms with Gasteiger partial charge in [0.05, 0.1) is 0 Å². The first-order chi connectivity index (χ1) is 9.51. The minimum Gasteiger partial charge on any atom is -0.363 e. The van der Waals surface area contributed by atoms with Crippen LogP contribution in [0.1, 0.15) is 19.0 Å².